The summed E-state index contributed by atoms with van der Waals surface area (Å²) in [7, 11) is 5.41. The van der Waals surface area contributed by atoms with Crippen molar-refractivity contribution in [2.24, 2.45) is 0 Å². The molecule has 0 spiro atoms. The van der Waals surface area contributed by atoms with Crippen LogP contribution in [0.25, 0.3) is 0 Å². The number of likely N-dealkylation sites (N-methyl/N-ethyl adjacent to an activating group) is 1. The lowest BCUT2D eigenvalue weighted by Crippen LogP contribution is -2.55. The Kier molecular flexibility index (Phi) is 41.0. The lowest BCUT2D eigenvalue weighted by molar-refractivity contribution is -0.889. The topological polar surface area (TPSA) is 102 Å². The summed E-state index contributed by atoms with van der Waals surface area (Å²) in [6, 6.07) is -0.726. The highest BCUT2D eigenvalue weighted by atomic mass is 16.6. The number of aliphatic carboxylic acids is 1. The first-order valence-electron chi connectivity index (χ1n) is 24.7. The molecule has 0 aromatic rings. The third kappa shape index (κ3) is 40.7. The van der Waals surface area contributed by atoms with Crippen LogP contribution in [0.4, 0.5) is 0 Å². The fraction of sp³-hybridized carbons (Fsp3) is 0.788. The molecule has 0 aliphatic heterocycles. The highest BCUT2D eigenvalue weighted by Crippen LogP contribution is 2.15. The molecule has 60 heavy (non-hydrogen) atoms. The van der Waals surface area contributed by atoms with E-state index < -0.39 is 18.1 Å². The van der Waals surface area contributed by atoms with Crippen LogP contribution in [0.1, 0.15) is 213 Å². The molecule has 0 aromatic carbocycles. The van der Waals surface area contributed by atoms with Gasteiger partial charge in [-0.3, -0.25) is 9.59 Å². The van der Waals surface area contributed by atoms with Crippen LogP contribution in [0.3, 0.4) is 0 Å². The first-order valence-corrected chi connectivity index (χ1v) is 24.7. The van der Waals surface area contributed by atoms with Crippen molar-refractivity contribution in [3.63, 3.8) is 0 Å². The fourth-order valence-corrected chi connectivity index (χ4v) is 7.18. The second-order valence-corrected chi connectivity index (χ2v) is 17.7. The molecular formula is C52H93NO7. The van der Waals surface area contributed by atoms with Gasteiger partial charge in [0.05, 0.1) is 40.3 Å². The average molecular weight is 844 g/mol. The average Bonchev–Trinajstić information content (AvgIpc) is 3.21. The summed E-state index contributed by atoms with van der Waals surface area (Å²) in [6.07, 6.45) is 51.3. The third-order valence-electron chi connectivity index (χ3n) is 11.0. The second-order valence-electron chi connectivity index (χ2n) is 17.7. The van der Waals surface area contributed by atoms with Gasteiger partial charge < -0.3 is 28.6 Å². The van der Waals surface area contributed by atoms with E-state index >= 15 is 0 Å². The van der Waals surface area contributed by atoms with Crippen molar-refractivity contribution in [3.05, 3.63) is 48.6 Å². The smallest absolute Gasteiger partial charge is 0.306 e. The van der Waals surface area contributed by atoms with Crippen LogP contribution in [-0.2, 0) is 28.6 Å². The van der Waals surface area contributed by atoms with Crippen LogP contribution in [0.5, 0.6) is 0 Å². The predicted octanol–water partition coefficient (Wildman–Crippen LogP) is 12.6. The Morgan fingerprint density at radius 3 is 1.38 bits per heavy atom. The molecule has 0 heterocycles. The molecule has 2 atom stereocenters. The zero-order valence-electron chi connectivity index (χ0n) is 39.6. The first kappa shape index (κ1) is 57.3. The number of quaternary nitrogens is 1. The van der Waals surface area contributed by atoms with E-state index in [0.717, 1.165) is 64.2 Å². The lowest BCUT2D eigenvalue weighted by Gasteiger charge is -2.34. The second kappa shape index (κ2) is 43.0. The summed E-state index contributed by atoms with van der Waals surface area (Å²) < 4.78 is 17.2. The van der Waals surface area contributed by atoms with Gasteiger partial charge in [-0.25, -0.2) is 0 Å². The van der Waals surface area contributed by atoms with Gasteiger partial charge in [-0.05, 0) is 51.4 Å². The third-order valence-corrected chi connectivity index (χ3v) is 11.0. The van der Waals surface area contributed by atoms with Crippen molar-refractivity contribution in [3.8, 4) is 0 Å². The largest absolute Gasteiger partial charge is 0.544 e. The molecule has 2 unspecified atom stereocenters. The Balaban J connectivity index is 4.23. The maximum Gasteiger partial charge on any atom is 0.306 e. The van der Waals surface area contributed by atoms with Crippen molar-refractivity contribution in [2.45, 2.75) is 225 Å². The zero-order valence-corrected chi connectivity index (χ0v) is 39.6. The van der Waals surface area contributed by atoms with Crippen molar-refractivity contribution in [1.29, 1.82) is 0 Å². The Morgan fingerprint density at radius 2 is 0.933 bits per heavy atom. The lowest BCUT2D eigenvalue weighted by atomic mass is 10.0. The number of ether oxygens (including phenoxy) is 3. The minimum absolute atomic E-state index is 0.0408. The van der Waals surface area contributed by atoms with Gasteiger partial charge in [0.25, 0.3) is 0 Å². The van der Waals surface area contributed by atoms with Gasteiger partial charge in [0.15, 0.2) is 6.10 Å². The number of nitrogens with zero attached hydrogens (tertiary/aromatic N) is 1. The van der Waals surface area contributed by atoms with E-state index in [1.54, 1.807) is 21.1 Å². The summed E-state index contributed by atoms with van der Waals surface area (Å²) in [4.78, 5) is 37.0. The molecule has 0 saturated carbocycles. The molecule has 348 valence electrons. The molecule has 0 N–H and O–H groups in total. The summed E-state index contributed by atoms with van der Waals surface area (Å²) in [5.41, 5.74) is 0. The van der Waals surface area contributed by atoms with Gasteiger partial charge in [-0.1, -0.05) is 191 Å². The Morgan fingerprint density at radius 1 is 0.517 bits per heavy atom. The molecule has 0 aliphatic carbocycles. The normalized spacial score (nSPS) is 13.3. The van der Waals surface area contributed by atoms with Crippen molar-refractivity contribution >= 4 is 17.9 Å². The predicted molar refractivity (Wildman–Crippen MR) is 250 cm³/mol. The maximum atomic E-state index is 12.8. The molecule has 0 rings (SSSR count). The Labute approximate surface area is 369 Å². The number of rotatable bonds is 44. The molecule has 0 bridgehead atoms. The number of unbranched alkanes of at least 4 members (excludes halogenated alkanes) is 22. The molecule has 0 aromatic heterocycles. The van der Waals surface area contributed by atoms with Crippen molar-refractivity contribution < 1.29 is 38.2 Å². The summed E-state index contributed by atoms with van der Waals surface area (Å²) in [6.45, 7) is 4.56. The number of hydrogen-bond acceptors (Lipinski definition) is 7. The number of carbonyl (C=O) groups excluding carboxylic acids is 3. The quantitative estimate of drug-likeness (QED) is 0.0260. The zero-order chi connectivity index (χ0) is 44.2. The van der Waals surface area contributed by atoms with E-state index in [9.17, 15) is 19.5 Å². The number of allylic oxidation sites excluding steroid dienone is 8. The highest BCUT2D eigenvalue weighted by Gasteiger charge is 2.25. The molecule has 0 amide bonds. The fourth-order valence-electron chi connectivity index (χ4n) is 7.18. The van der Waals surface area contributed by atoms with Crippen LogP contribution >= 0.6 is 0 Å². The van der Waals surface area contributed by atoms with Crippen LogP contribution in [0.15, 0.2) is 48.6 Å². The summed E-state index contributed by atoms with van der Waals surface area (Å²) in [5, 5.41) is 11.6. The molecule has 0 fully saturated rings. The van der Waals surface area contributed by atoms with E-state index in [1.165, 1.54) is 116 Å². The first-order chi connectivity index (χ1) is 29.1. The maximum absolute atomic E-state index is 12.8. The van der Waals surface area contributed by atoms with E-state index in [-0.39, 0.29) is 42.7 Å². The van der Waals surface area contributed by atoms with Gasteiger partial charge >= 0.3 is 11.9 Å². The van der Waals surface area contributed by atoms with Gasteiger partial charge in [-0.15, -0.1) is 0 Å². The SMILES string of the molecule is CC/C=C/C/C=C/C/C=C/C/C=C/CCCCCCCCCCCCC(=O)OC(COCCC(C(=O)[O-])[N+](C)(C)C)COC(=O)CCCCCCCCCCCCCCC. The summed E-state index contributed by atoms with van der Waals surface area (Å²) in [5.74, 6) is -1.73. The standard InChI is InChI=1S/C52H93NO7/c1-6-8-10-12-14-16-18-20-21-22-23-24-25-26-27-28-29-31-33-35-37-39-41-43-51(55)60-48(46-58-45-44-49(52(56)57)53(3,4)5)47-59-50(54)42-40-38-36-34-32-30-19-17-15-13-11-9-7-2/h8,10,14,16,20-21,23-24,48-49H,6-7,9,11-13,15,17-19,22,25-47H2,1-5H3/b10-8+,16-14+,21-20+,24-23+. The van der Waals surface area contributed by atoms with E-state index in [4.69, 9.17) is 14.2 Å². The van der Waals surface area contributed by atoms with Gasteiger partial charge in [-0.2, -0.15) is 0 Å². The Hall–Kier alpha value is -2.71. The van der Waals surface area contributed by atoms with E-state index in [2.05, 4.69) is 62.5 Å². The minimum atomic E-state index is -1.12. The molecule has 8 heteroatoms. The van der Waals surface area contributed by atoms with Crippen LogP contribution in [-0.4, -0.2) is 75.5 Å². The number of carboxylic acid groups (broad SMARTS) is 1. The minimum Gasteiger partial charge on any atom is -0.544 e. The highest BCUT2D eigenvalue weighted by molar-refractivity contribution is 5.70. The van der Waals surface area contributed by atoms with Gasteiger partial charge in [0.1, 0.15) is 12.6 Å². The molecule has 0 saturated heterocycles. The molecule has 8 nitrogen and oxygen atoms in total. The summed E-state index contributed by atoms with van der Waals surface area (Å²) >= 11 is 0. The molecular weight excluding hydrogens is 751 g/mol. The van der Waals surface area contributed by atoms with Gasteiger partial charge in [0.2, 0.25) is 0 Å². The number of hydrogen-bond donors (Lipinski definition) is 0. The Bertz CT molecular complexity index is 1120. The van der Waals surface area contributed by atoms with E-state index in [0.29, 0.717) is 12.8 Å². The van der Waals surface area contributed by atoms with Crippen LogP contribution < -0.4 is 5.11 Å². The number of carboxylic acids is 1. The molecule has 0 radical (unpaired) electrons. The monoisotopic (exact) mass is 844 g/mol. The van der Waals surface area contributed by atoms with Crippen LogP contribution in [0.2, 0.25) is 0 Å². The van der Waals surface area contributed by atoms with Crippen LogP contribution in [0, 0.1) is 0 Å². The molecule has 0 aliphatic rings. The number of esters is 2. The van der Waals surface area contributed by atoms with E-state index in [1.807, 2.05) is 0 Å². The van der Waals surface area contributed by atoms with Crippen molar-refractivity contribution in [1.82, 2.24) is 0 Å². The number of carbonyl (C=O) groups is 3. The van der Waals surface area contributed by atoms with Crippen molar-refractivity contribution in [2.75, 3.05) is 41.0 Å². The van der Waals surface area contributed by atoms with Gasteiger partial charge in [0, 0.05) is 19.3 Å².